The van der Waals surface area contributed by atoms with Crippen LogP contribution in [-0.2, 0) is 6.18 Å². The van der Waals surface area contributed by atoms with Crippen LogP contribution in [0.4, 0.5) is 13.2 Å². The van der Waals surface area contributed by atoms with Gasteiger partial charge in [0.05, 0.1) is 16.3 Å². The fraction of sp³-hybridized carbons (Fsp3) is 0.400. The molecular formula is C15H16ClF3N2S. The lowest BCUT2D eigenvalue weighted by atomic mass is 9.99. The van der Waals surface area contributed by atoms with E-state index in [9.17, 15) is 13.2 Å². The molecule has 1 N–H and O–H groups in total. The van der Waals surface area contributed by atoms with E-state index in [0.29, 0.717) is 5.92 Å². The molecule has 22 heavy (non-hydrogen) atoms. The first kappa shape index (κ1) is 17.2. The van der Waals surface area contributed by atoms with Crippen molar-refractivity contribution in [2.24, 2.45) is 0 Å². The van der Waals surface area contributed by atoms with Crippen molar-refractivity contribution in [2.45, 2.75) is 24.9 Å². The van der Waals surface area contributed by atoms with Gasteiger partial charge in [0.1, 0.15) is 0 Å². The van der Waals surface area contributed by atoms with Crippen molar-refractivity contribution in [1.29, 1.82) is 0 Å². The van der Waals surface area contributed by atoms with Crippen LogP contribution in [0.2, 0.25) is 0 Å². The number of halogens is 4. The van der Waals surface area contributed by atoms with E-state index >= 15 is 0 Å². The van der Waals surface area contributed by atoms with Gasteiger partial charge in [-0.3, -0.25) is 0 Å². The van der Waals surface area contributed by atoms with Gasteiger partial charge in [0.25, 0.3) is 0 Å². The summed E-state index contributed by atoms with van der Waals surface area (Å²) in [6.45, 7) is 2.00. The van der Waals surface area contributed by atoms with E-state index in [2.05, 4.69) is 10.3 Å². The molecule has 1 aromatic carbocycles. The monoisotopic (exact) mass is 348 g/mol. The lowest BCUT2D eigenvalue weighted by molar-refractivity contribution is -0.137. The lowest BCUT2D eigenvalue weighted by Crippen LogP contribution is -2.26. The highest BCUT2D eigenvalue weighted by Gasteiger charge is 2.30. The van der Waals surface area contributed by atoms with Crippen LogP contribution in [0, 0.1) is 0 Å². The van der Waals surface area contributed by atoms with E-state index in [1.807, 2.05) is 5.38 Å². The van der Waals surface area contributed by atoms with Gasteiger partial charge in [-0.15, -0.1) is 23.7 Å². The molecule has 1 aliphatic rings. The smallest absolute Gasteiger partial charge is 0.317 e. The molecule has 1 aromatic heterocycles. The first-order valence-electron chi connectivity index (χ1n) is 6.88. The average molecular weight is 349 g/mol. The summed E-state index contributed by atoms with van der Waals surface area (Å²) < 4.78 is 37.6. The maximum Gasteiger partial charge on any atom is 0.416 e. The average Bonchev–Trinajstić information content (AvgIpc) is 2.97. The molecule has 1 fully saturated rings. The molecule has 0 saturated carbocycles. The molecule has 0 atom stereocenters. The Kier molecular flexibility index (Phi) is 5.47. The molecule has 7 heteroatoms. The van der Waals surface area contributed by atoms with E-state index < -0.39 is 11.7 Å². The van der Waals surface area contributed by atoms with Crippen LogP contribution in [-0.4, -0.2) is 18.1 Å². The van der Waals surface area contributed by atoms with Crippen molar-refractivity contribution in [3.8, 4) is 11.3 Å². The molecule has 0 radical (unpaired) electrons. The zero-order chi connectivity index (χ0) is 14.9. The Labute approximate surface area is 137 Å². The Balaban J connectivity index is 0.00000176. The third kappa shape index (κ3) is 3.80. The van der Waals surface area contributed by atoms with E-state index in [0.717, 1.165) is 54.3 Å². The topological polar surface area (TPSA) is 24.9 Å². The van der Waals surface area contributed by atoms with Crippen molar-refractivity contribution in [1.82, 2.24) is 10.3 Å². The summed E-state index contributed by atoms with van der Waals surface area (Å²) in [4.78, 5) is 4.61. The SMILES string of the molecule is Cl.FC(F)(F)c1ccc(-c2csc(C3CCNCC3)n2)cc1. The zero-order valence-electron chi connectivity index (χ0n) is 11.7. The Morgan fingerprint density at radius 1 is 1.09 bits per heavy atom. The third-order valence-corrected chi connectivity index (χ3v) is 4.73. The predicted molar refractivity (Wildman–Crippen MR) is 84.6 cm³/mol. The highest BCUT2D eigenvalue weighted by Crippen LogP contribution is 2.33. The van der Waals surface area contributed by atoms with Crippen LogP contribution in [0.1, 0.15) is 29.3 Å². The van der Waals surface area contributed by atoms with Crippen LogP contribution in [0.25, 0.3) is 11.3 Å². The van der Waals surface area contributed by atoms with E-state index in [1.165, 1.54) is 12.1 Å². The number of aromatic nitrogens is 1. The highest BCUT2D eigenvalue weighted by molar-refractivity contribution is 7.10. The molecule has 0 bridgehead atoms. The number of nitrogens with zero attached hydrogens (tertiary/aromatic N) is 1. The molecule has 120 valence electrons. The minimum atomic E-state index is -4.29. The van der Waals surface area contributed by atoms with Crippen molar-refractivity contribution < 1.29 is 13.2 Å². The van der Waals surface area contributed by atoms with Gasteiger partial charge in [-0.05, 0) is 38.1 Å². The predicted octanol–water partition coefficient (Wildman–Crippen LogP) is 4.72. The highest BCUT2D eigenvalue weighted by atomic mass is 35.5. The quantitative estimate of drug-likeness (QED) is 0.849. The van der Waals surface area contributed by atoms with Crippen molar-refractivity contribution in [2.75, 3.05) is 13.1 Å². The minimum absolute atomic E-state index is 0. The van der Waals surface area contributed by atoms with Crippen molar-refractivity contribution in [3.05, 3.63) is 40.2 Å². The van der Waals surface area contributed by atoms with Gasteiger partial charge in [0.15, 0.2) is 0 Å². The number of nitrogens with one attached hydrogen (secondary N) is 1. The molecule has 3 rings (SSSR count). The first-order chi connectivity index (χ1) is 10.0. The largest absolute Gasteiger partial charge is 0.416 e. The lowest BCUT2D eigenvalue weighted by Gasteiger charge is -2.20. The Hall–Kier alpha value is -1.11. The first-order valence-corrected chi connectivity index (χ1v) is 7.76. The van der Waals surface area contributed by atoms with Crippen molar-refractivity contribution in [3.63, 3.8) is 0 Å². The Bertz CT molecular complexity index is 604. The zero-order valence-corrected chi connectivity index (χ0v) is 13.3. The summed E-state index contributed by atoms with van der Waals surface area (Å²) in [5.74, 6) is 0.472. The molecule has 2 nitrogen and oxygen atoms in total. The molecular weight excluding hydrogens is 333 g/mol. The number of rotatable bonds is 2. The maximum absolute atomic E-state index is 12.5. The number of thiazole rings is 1. The summed E-state index contributed by atoms with van der Waals surface area (Å²) in [7, 11) is 0. The van der Waals surface area contributed by atoms with Crippen LogP contribution in [0.5, 0.6) is 0 Å². The Morgan fingerprint density at radius 3 is 2.32 bits per heavy atom. The number of hydrogen-bond donors (Lipinski definition) is 1. The molecule has 0 amide bonds. The molecule has 0 aliphatic carbocycles. The summed E-state index contributed by atoms with van der Waals surface area (Å²) in [5.41, 5.74) is 0.877. The van der Waals surface area contributed by atoms with Gasteiger partial charge in [-0.2, -0.15) is 13.2 Å². The van der Waals surface area contributed by atoms with E-state index in [-0.39, 0.29) is 12.4 Å². The summed E-state index contributed by atoms with van der Waals surface area (Å²) in [6, 6.07) is 5.20. The van der Waals surface area contributed by atoms with Gasteiger partial charge < -0.3 is 5.32 Å². The van der Waals surface area contributed by atoms with Crippen LogP contribution in [0.3, 0.4) is 0 Å². The number of benzene rings is 1. The standard InChI is InChI=1S/C15H15F3N2S.ClH/c16-15(17,18)12-3-1-10(2-4-12)13-9-21-14(20-13)11-5-7-19-8-6-11;/h1-4,9,11,19H,5-8H2;1H. The fourth-order valence-corrected chi connectivity index (χ4v) is 3.51. The van der Waals surface area contributed by atoms with Gasteiger partial charge in [-0.1, -0.05) is 12.1 Å². The second kappa shape index (κ2) is 6.98. The summed E-state index contributed by atoms with van der Waals surface area (Å²) >= 11 is 1.60. The number of hydrogen-bond acceptors (Lipinski definition) is 3. The third-order valence-electron chi connectivity index (χ3n) is 3.72. The summed E-state index contributed by atoms with van der Waals surface area (Å²) in [5, 5.41) is 6.33. The fourth-order valence-electron chi connectivity index (χ4n) is 2.51. The van der Waals surface area contributed by atoms with Gasteiger partial charge in [0, 0.05) is 16.9 Å². The second-order valence-corrected chi connectivity index (χ2v) is 6.06. The van der Waals surface area contributed by atoms with E-state index in [1.54, 1.807) is 11.3 Å². The molecule has 1 saturated heterocycles. The Morgan fingerprint density at radius 2 is 1.73 bits per heavy atom. The molecule has 0 unspecified atom stereocenters. The van der Waals surface area contributed by atoms with Crippen LogP contribution in [0.15, 0.2) is 29.6 Å². The number of alkyl halides is 3. The minimum Gasteiger partial charge on any atom is -0.317 e. The van der Waals surface area contributed by atoms with Gasteiger partial charge in [0.2, 0.25) is 0 Å². The van der Waals surface area contributed by atoms with Gasteiger partial charge in [-0.25, -0.2) is 4.98 Å². The molecule has 0 spiro atoms. The summed E-state index contributed by atoms with van der Waals surface area (Å²) in [6.07, 6.45) is -2.15. The van der Waals surface area contributed by atoms with Crippen LogP contribution < -0.4 is 5.32 Å². The second-order valence-electron chi connectivity index (χ2n) is 5.17. The maximum atomic E-state index is 12.5. The normalized spacial score (nSPS) is 16.3. The molecule has 2 heterocycles. The van der Waals surface area contributed by atoms with Crippen LogP contribution >= 0.6 is 23.7 Å². The molecule has 1 aliphatic heterocycles. The van der Waals surface area contributed by atoms with Gasteiger partial charge >= 0.3 is 6.18 Å². The van der Waals surface area contributed by atoms with E-state index in [4.69, 9.17) is 0 Å². The number of piperidine rings is 1. The molecule has 2 aromatic rings. The van der Waals surface area contributed by atoms with Crippen molar-refractivity contribution >= 4 is 23.7 Å².